The third-order valence-electron chi connectivity index (χ3n) is 6.46. The SMILES string of the molecule is C=C(C(=O)NCCCC)C1=C(/C=C\CCC)C(=O)N(C(C)C(C=C(C)C=O)=CNC2CCC2)C1. The van der Waals surface area contributed by atoms with Gasteiger partial charge in [0.2, 0.25) is 0 Å². The van der Waals surface area contributed by atoms with Crippen LogP contribution in [-0.4, -0.2) is 48.2 Å². The largest absolute Gasteiger partial charge is 0.388 e. The van der Waals surface area contributed by atoms with E-state index in [-0.39, 0.29) is 17.9 Å². The lowest BCUT2D eigenvalue weighted by molar-refractivity contribution is -0.126. The summed E-state index contributed by atoms with van der Waals surface area (Å²) in [4.78, 5) is 39.3. The minimum atomic E-state index is -0.280. The number of nitrogens with one attached hydrogen (secondary N) is 2. The van der Waals surface area contributed by atoms with Crippen LogP contribution in [0.15, 0.2) is 58.9 Å². The smallest absolute Gasteiger partial charge is 0.255 e. The van der Waals surface area contributed by atoms with Gasteiger partial charge in [0.1, 0.15) is 6.29 Å². The molecule has 1 atom stereocenters. The van der Waals surface area contributed by atoms with Gasteiger partial charge in [-0.1, -0.05) is 45.4 Å². The standard InChI is InChI=1S/C28H41N3O3/c1-6-8-10-14-25-26(21(4)27(33)29-15-9-7-2)18-31(28(25)34)22(5)23(16-20(3)19-32)17-30-24-12-11-13-24/h10,14,16-17,19,22,24,30H,4,6-9,11-13,15,18H2,1-3,5H3,(H,29,33)/b14-10-,20-16?,23-17?. The van der Waals surface area contributed by atoms with Crippen molar-refractivity contribution in [2.75, 3.05) is 13.1 Å². The number of unbranched alkanes of at least 4 members (excludes halogenated alkanes) is 2. The minimum Gasteiger partial charge on any atom is -0.388 e. The van der Waals surface area contributed by atoms with Gasteiger partial charge >= 0.3 is 0 Å². The lowest BCUT2D eigenvalue weighted by Crippen LogP contribution is -2.38. The lowest BCUT2D eigenvalue weighted by atomic mass is 9.93. The van der Waals surface area contributed by atoms with Crippen molar-refractivity contribution < 1.29 is 14.4 Å². The highest BCUT2D eigenvalue weighted by molar-refractivity contribution is 6.06. The van der Waals surface area contributed by atoms with Crippen molar-refractivity contribution in [2.45, 2.75) is 84.7 Å². The highest BCUT2D eigenvalue weighted by atomic mass is 16.2. The molecule has 0 aromatic heterocycles. The molecule has 0 aromatic carbocycles. The number of aldehydes is 1. The molecule has 0 radical (unpaired) electrons. The zero-order chi connectivity index (χ0) is 25.1. The van der Waals surface area contributed by atoms with Crippen LogP contribution in [0.1, 0.15) is 72.6 Å². The van der Waals surface area contributed by atoms with Crippen LogP contribution in [-0.2, 0) is 14.4 Å². The quantitative estimate of drug-likeness (QED) is 0.170. The maximum absolute atomic E-state index is 13.5. The fourth-order valence-corrected chi connectivity index (χ4v) is 3.89. The number of hydrogen-bond acceptors (Lipinski definition) is 4. The Labute approximate surface area is 204 Å². The average molecular weight is 468 g/mol. The molecule has 1 aliphatic carbocycles. The van der Waals surface area contributed by atoms with Crippen LogP contribution < -0.4 is 10.6 Å². The number of allylic oxidation sites excluding steroid dienone is 2. The van der Waals surface area contributed by atoms with Gasteiger partial charge in [0.15, 0.2) is 0 Å². The van der Waals surface area contributed by atoms with Gasteiger partial charge in [0, 0.05) is 36.5 Å². The second-order valence-electron chi connectivity index (χ2n) is 9.23. The van der Waals surface area contributed by atoms with E-state index in [1.54, 1.807) is 11.8 Å². The fourth-order valence-electron chi connectivity index (χ4n) is 3.89. The molecule has 34 heavy (non-hydrogen) atoms. The van der Waals surface area contributed by atoms with E-state index in [0.717, 1.165) is 50.4 Å². The number of hydrogen-bond donors (Lipinski definition) is 2. The second-order valence-corrected chi connectivity index (χ2v) is 9.23. The van der Waals surface area contributed by atoms with Crippen molar-refractivity contribution in [3.8, 4) is 0 Å². The molecule has 2 aliphatic rings. The monoisotopic (exact) mass is 467 g/mol. The van der Waals surface area contributed by atoms with E-state index in [9.17, 15) is 14.4 Å². The van der Waals surface area contributed by atoms with Crippen LogP contribution in [0.3, 0.4) is 0 Å². The van der Waals surface area contributed by atoms with Gasteiger partial charge in [-0.05, 0) is 68.7 Å². The molecule has 0 aromatic rings. The molecule has 6 heteroatoms. The summed E-state index contributed by atoms with van der Waals surface area (Å²) >= 11 is 0. The maximum atomic E-state index is 13.5. The predicted molar refractivity (Wildman–Crippen MR) is 138 cm³/mol. The molecule has 6 nitrogen and oxygen atoms in total. The molecule has 2 N–H and O–H groups in total. The van der Waals surface area contributed by atoms with Crippen molar-refractivity contribution in [3.63, 3.8) is 0 Å². The first-order valence-electron chi connectivity index (χ1n) is 12.6. The third-order valence-corrected chi connectivity index (χ3v) is 6.46. The van der Waals surface area contributed by atoms with Crippen molar-refractivity contribution in [1.82, 2.24) is 15.5 Å². The summed E-state index contributed by atoms with van der Waals surface area (Å²) in [6, 6.07) is 0.159. The molecule has 1 unspecified atom stereocenters. The average Bonchev–Trinajstić information content (AvgIpc) is 3.12. The summed E-state index contributed by atoms with van der Waals surface area (Å²) in [5.74, 6) is -0.352. The number of rotatable bonds is 14. The molecule has 1 aliphatic heterocycles. The van der Waals surface area contributed by atoms with Crippen LogP contribution in [0.25, 0.3) is 0 Å². The van der Waals surface area contributed by atoms with Gasteiger partial charge in [-0.3, -0.25) is 14.4 Å². The number of carbonyl (C=O) groups is 3. The Kier molecular flexibility index (Phi) is 11.0. The number of amides is 2. The van der Waals surface area contributed by atoms with Crippen molar-refractivity contribution in [1.29, 1.82) is 0 Å². The summed E-state index contributed by atoms with van der Waals surface area (Å²) in [6.45, 7) is 12.8. The summed E-state index contributed by atoms with van der Waals surface area (Å²) in [6.07, 6.45) is 15.6. The van der Waals surface area contributed by atoms with E-state index >= 15 is 0 Å². The normalized spacial score (nSPS) is 18.4. The Bertz CT molecular complexity index is 891. The summed E-state index contributed by atoms with van der Waals surface area (Å²) in [5.41, 5.74) is 2.99. The Morgan fingerprint density at radius 3 is 2.59 bits per heavy atom. The Morgan fingerprint density at radius 2 is 2.00 bits per heavy atom. The zero-order valence-corrected chi connectivity index (χ0v) is 21.3. The van der Waals surface area contributed by atoms with E-state index < -0.39 is 0 Å². The first kappa shape index (κ1) is 27.4. The van der Waals surface area contributed by atoms with Crippen molar-refractivity contribution >= 4 is 18.1 Å². The molecule has 0 bridgehead atoms. The maximum Gasteiger partial charge on any atom is 0.255 e. The molecular weight excluding hydrogens is 426 g/mol. The van der Waals surface area contributed by atoms with Crippen LogP contribution >= 0.6 is 0 Å². The third kappa shape index (κ3) is 7.31. The van der Waals surface area contributed by atoms with E-state index in [4.69, 9.17) is 0 Å². The molecule has 2 amide bonds. The fraction of sp³-hybridized carbons (Fsp3) is 0.536. The van der Waals surface area contributed by atoms with Gasteiger partial charge in [-0.25, -0.2) is 0 Å². The van der Waals surface area contributed by atoms with Crippen LogP contribution in [0.5, 0.6) is 0 Å². The molecule has 1 saturated carbocycles. The van der Waals surface area contributed by atoms with E-state index in [2.05, 4.69) is 31.1 Å². The molecule has 0 saturated heterocycles. The van der Waals surface area contributed by atoms with Crippen molar-refractivity contribution in [3.05, 3.63) is 58.9 Å². The summed E-state index contributed by atoms with van der Waals surface area (Å²) in [7, 11) is 0. The Hall–Kier alpha value is -2.89. The Morgan fingerprint density at radius 1 is 1.26 bits per heavy atom. The van der Waals surface area contributed by atoms with Gasteiger partial charge < -0.3 is 15.5 Å². The number of carbonyl (C=O) groups excluding carboxylic acids is 3. The van der Waals surface area contributed by atoms with Crippen LogP contribution in [0.2, 0.25) is 0 Å². The second kappa shape index (κ2) is 13.7. The summed E-state index contributed by atoms with van der Waals surface area (Å²) in [5, 5.41) is 6.34. The van der Waals surface area contributed by atoms with E-state index in [1.807, 2.05) is 31.4 Å². The molecule has 1 fully saturated rings. The van der Waals surface area contributed by atoms with E-state index in [1.165, 1.54) is 6.42 Å². The van der Waals surface area contributed by atoms with Gasteiger partial charge in [-0.15, -0.1) is 0 Å². The molecular formula is C28H41N3O3. The topological polar surface area (TPSA) is 78.5 Å². The highest BCUT2D eigenvalue weighted by Crippen LogP contribution is 2.30. The Balaban J connectivity index is 2.30. The van der Waals surface area contributed by atoms with Crippen LogP contribution in [0.4, 0.5) is 0 Å². The zero-order valence-electron chi connectivity index (χ0n) is 21.3. The first-order chi connectivity index (χ1) is 16.3. The van der Waals surface area contributed by atoms with Gasteiger partial charge in [0.05, 0.1) is 6.04 Å². The van der Waals surface area contributed by atoms with Crippen molar-refractivity contribution in [2.24, 2.45) is 0 Å². The van der Waals surface area contributed by atoms with Gasteiger partial charge in [0.25, 0.3) is 11.8 Å². The highest BCUT2D eigenvalue weighted by Gasteiger charge is 2.35. The molecule has 186 valence electrons. The first-order valence-corrected chi connectivity index (χ1v) is 12.6. The van der Waals surface area contributed by atoms with Crippen LogP contribution in [0, 0.1) is 0 Å². The molecule has 0 spiro atoms. The lowest BCUT2D eigenvalue weighted by Gasteiger charge is -2.29. The molecule has 2 rings (SSSR count). The number of nitrogens with zero attached hydrogens (tertiary/aromatic N) is 1. The summed E-state index contributed by atoms with van der Waals surface area (Å²) < 4.78 is 0. The van der Waals surface area contributed by atoms with E-state index in [0.29, 0.717) is 41.4 Å². The van der Waals surface area contributed by atoms with Gasteiger partial charge in [-0.2, -0.15) is 0 Å². The molecule has 1 heterocycles. The predicted octanol–water partition coefficient (Wildman–Crippen LogP) is 4.51. The minimum absolute atomic E-state index is 0.121.